The van der Waals surface area contributed by atoms with Crippen LogP contribution in [-0.2, 0) is 11.8 Å². The summed E-state index contributed by atoms with van der Waals surface area (Å²) < 4.78 is 5.51. The van der Waals surface area contributed by atoms with Crippen molar-refractivity contribution in [3.63, 3.8) is 0 Å². The Hall–Kier alpha value is -2.48. The van der Waals surface area contributed by atoms with Gasteiger partial charge in [-0.2, -0.15) is 4.98 Å². The summed E-state index contributed by atoms with van der Waals surface area (Å²) in [5, 5.41) is 9.35. The van der Waals surface area contributed by atoms with E-state index in [0.717, 1.165) is 69.3 Å². The molecule has 2 aromatic heterocycles. The van der Waals surface area contributed by atoms with Gasteiger partial charge >= 0.3 is 6.01 Å². The quantitative estimate of drug-likeness (QED) is 0.660. The molecule has 1 aliphatic rings. The van der Waals surface area contributed by atoms with Crippen LogP contribution in [0.3, 0.4) is 0 Å². The van der Waals surface area contributed by atoms with E-state index in [1.54, 1.807) is 0 Å². The van der Waals surface area contributed by atoms with Crippen molar-refractivity contribution in [3.05, 3.63) is 29.8 Å². The van der Waals surface area contributed by atoms with Crippen molar-refractivity contribution in [2.24, 2.45) is 0 Å². The molecule has 1 fully saturated rings. The minimum atomic E-state index is -0.0717. The highest BCUT2D eigenvalue weighted by Crippen LogP contribution is 2.23. The molecule has 2 aromatic rings. The topological polar surface area (TPSA) is 87.5 Å². The predicted molar refractivity (Wildman–Crippen MR) is 117 cm³/mol. The number of rotatable bonds is 8. The molecule has 0 unspecified atom stereocenters. The lowest BCUT2D eigenvalue weighted by atomic mass is 9.95. The summed E-state index contributed by atoms with van der Waals surface area (Å²) in [4.78, 5) is 22.3. The van der Waals surface area contributed by atoms with Gasteiger partial charge in [-0.05, 0) is 12.8 Å². The van der Waals surface area contributed by atoms with Crippen LogP contribution in [-0.4, -0.2) is 69.3 Å². The number of aryl methyl sites for hydroxylation is 1. The van der Waals surface area contributed by atoms with E-state index in [2.05, 4.69) is 53.5 Å². The minimum Gasteiger partial charge on any atom is -0.493 e. The van der Waals surface area contributed by atoms with E-state index in [1.165, 1.54) is 12.3 Å². The highest BCUT2D eigenvalue weighted by atomic mass is 16.5. The zero-order valence-corrected chi connectivity index (χ0v) is 18.6. The van der Waals surface area contributed by atoms with E-state index < -0.39 is 0 Å². The van der Waals surface area contributed by atoms with E-state index >= 15 is 0 Å². The first-order valence-electron chi connectivity index (χ1n) is 10.9. The average molecular weight is 415 g/mol. The molecule has 3 rings (SSSR count). The van der Waals surface area contributed by atoms with Gasteiger partial charge < -0.3 is 14.7 Å². The number of aromatic hydroxyl groups is 1. The number of hydrogen-bond acceptors (Lipinski definition) is 8. The Morgan fingerprint density at radius 2 is 1.87 bits per heavy atom. The van der Waals surface area contributed by atoms with Crippen molar-refractivity contribution >= 4 is 5.82 Å². The molecule has 0 saturated carbocycles. The van der Waals surface area contributed by atoms with Gasteiger partial charge in [0.1, 0.15) is 11.6 Å². The Morgan fingerprint density at radius 1 is 1.10 bits per heavy atom. The standard InChI is InChI=1S/C22H34N6O2/c1-5-7-17-16-18(25-20(24-17)22(2,3)4)28-13-11-27(12-14-28)10-6-15-30-21-23-9-8-19(29)26-21/h8-9,16H,5-7,10-15H2,1-4H3,(H,23,26,29). The van der Waals surface area contributed by atoms with Crippen LogP contribution >= 0.6 is 0 Å². The normalized spacial score (nSPS) is 15.4. The first-order valence-corrected chi connectivity index (χ1v) is 10.9. The van der Waals surface area contributed by atoms with E-state index in [-0.39, 0.29) is 17.3 Å². The zero-order chi connectivity index (χ0) is 21.6. The van der Waals surface area contributed by atoms with E-state index in [9.17, 15) is 5.11 Å². The molecule has 1 aliphatic heterocycles. The van der Waals surface area contributed by atoms with Crippen LogP contribution in [0.4, 0.5) is 5.82 Å². The highest BCUT2D eigenvalue weighted by molar-refractivity contribution is 5.41. The summed E-state index contributed by atoms with van der Waals surface area (Å²) in [5.41, 5.74) is 1.08. The molecule has 0 spiro atoms. The van der Waals surface area contributed by atoms with Gasteiger partial charge in [-0.25, -0.2) is 15.0 Å². The molecular formula is C22H34N6O2. The number of nitrogens with zero attached hydrogens (tertiary/aromatic N) is 6. The number of piperazine rings is 1. The van der Waals surface area contributed by atoms with Crippen LogP contribution in [0.15, 0.2) is 18.3 Å². The molecule has 0 bridgehead atoms. The molecule has 0 radical (unpaired) electrons. The first kappa shape index (κ1) is 22.2. The smallest absolute Gasteiger partial charge is 0.319 e. The van der Waals surface area contributed by atoms with Gasteiger partial charge in [0.2, 0.25) is 5.88 Å². The summed E-state index contributed by atoms with van der Waals surface area (Å²) in [6, 6.07) is 3.82. The lowest BCUT2D eigenvalue weighted by Gasteiger charge is -2.36. The fraction of sp³-hybridized carbons (Fsp3) is 0.636. The van der Waals surface area contributed by atoms with Gasteiger partial charge in [0, 0.05) is 62.2 Å². The number of aromatic nitrogens is 4. The van der Waals surface area contributed by atoms with Crippen molar-refractivity contribution in [1.29, 1.82) is 0 Å². The Morgan fingerprint density at radius 3 is 2.53 bits per heavy atom. The number of ether oxygens (including phenoxy) is 1. The van der Waals surface area contributed by atoms with Crippen molar-refractivity contribution in [2.75, 3.05) is 44.2 Å². The highest BCUT2D eigenvalue weighted by Gasteiger charge is 2.23. The Labute approximate surface area is 179 Å². The molecule has 8 heteroatoms. The second-order valence-electron chi connectivity index (χ2n) is 8.77. The van der Waals surface area contributed by atoms with Gasteiger partial charge in [0.15, 0.2) is 0 Å². The SMILES string of the molecule is CCCc1cc(N2CCN(CCCOc3nccc(O)n3)CC2)nc(C(C)(C)C)n1. The molecule has 8 nitrogen and oxygen atoms in total. The second kappa shape index (κ2) is 10.0. The van der Waals surface area contributed by atoms with Crippen LogP contribution in [0.1, 0.15) is 52.1 Å². The van der Waals surface area contributed by atoms with E-state index in [1.807, 2.05) is 0 Å². The summed E-state index contributed by atoms with van der Waals surface area (Å²) in [6.07, 6.45) is 4.45. The van der Waals surface area contributed by atoms with Crippen molar-refractivity contribution < 1.29 is 9.84 Å². The first-order chi connectivity index (χ1) is 14.3. The molecule has 3 heterocycles. The minimum absolute atomic E-state index is 0.0560. The van der Waals surface area contributed by atoms with Crippen molar-refractivity contribution in [1.82, 2.24) is 24.8 Å². The van der Waals surface area contributed by atoms with Crippen LogP contribution in [0.25, 0.3) is 0 Å². The number of hydrogen-bond donors (Lipinski definition) is 1. The van der Waals surface area contributed by atoms with E-state index in [0.29, 0.717) is 6.61 Å². The maximum absolute atomic E-state index is 9.35. The molecule has 0 atom stereocenters. The van der Waals surface area contributed by atoms with Crippen molar-refractivity contribution in [3.8, 4) is 11.9 Å². The van der Waals surface area contributed by atoms with Gasteiger partial charge in [0.05, 0.1) is 6.61 Å². The molecule has 1 N–H and O–H groups in total. The van der Waals surface area contributed by atoms with Crippen LogP contribution in [0.5, 0.6) is 11.9 Å². The molecular weight excluding hydrogens is 380 g/mol. The summed E-state index contributed by atoms with van der Waals surface area (Å²) in [5.74, 6) is 1.91. The van der Waals surface area contributed by atoms with Gasteiger partial charge in [0.25, 0.3) is 0 Å². The summed E-state index contributed by atoms with van der Waals surface area (Å²) >= 11 is 0. The van der Waals surface area contributed by atoms with Gasteiger partial charge in [-0.15, -0.1) is 0 Å². The number of anilines is 1. The van der Waals surface area contributed by atoms with Crippen LogP contribution in [0, 0.1) is 0 Å². The fourth-order valence-corrected chi connectivity index (χ4v) is 3.42. The molecule has 1 saturated heterocycles. The van der Waals surface area contributed by atoms with Gasteiger partial charge in [-0.3, -0.25) is 4.90 Å². The maximum Gasteiger partial charge on any atom is 0.319 e. The molecule has 30 heavy (non-hydrogen) atoms. The second-order valence-corrected chi connectivity index (χ2v) is 8.77. The van der Waals surface area contributed by atoms with Gasteiger partial charge in [-0.1, -0.05) is 34.1 Å². The molecule has 0 amide bonds. The Kier molecular flexibility index (Phi) is 7.42. The third kappa shape index (κ3) is 6.26. The molecule has 0 aromatic carbocycles. The maximum atomic E-state index is 9.35. The Bertz CT molecular complexity index is 816. The zero-order valence-electron chi connectivity index (χ0n) is 18.6. The molecule has 0 aliphatic carbocycles. The average Bonchev–Trinajstić information content (AvgIpc) is 2.71. The summed E-state index contributed by atoms with van der Waals surface area (Å²) in [7, 11) is 0. The monoisotopic (exact) mass is 414 g/mol. The van der Waals surface area contributed by atoms with Crippen LogP contribution in [0.2, 0.25) is 0 Å². The largest absolute Gasteiger partial charge is 0.493 e. The van der Waals surface area contributed by atoms with Crippen molar-refractivity contribution in [2.45, 2.75) is 52.4 Å². The van der Waals surface area contributed by atoms with E-state index in [4.69, 9.17) is 14.7 Å². The fourth-order valence-electron chi connectivity index (χ4n) is 3.42. The van der Waals surface area contributed by atoms with Crippen LogP contribution < -0.4 is 9.64 Å². The lowest BCUT2D eigenvalue weighted by molar-refractivity contribution is 0.217. The molecule has 164 valence electrons. The third-order valence-corrected chi connectivity index (χ3v) is 5.11. The lowest BCUT2D eigenvalue weighted by Crippen LogP contribution is -2.47. The third-order valence-electron chi connectivity index (χ3n) is 5.11. The Balaban J connectivity index is 1.49. The predicted octanol–water partition coefficient (Wildman–Crippen LogP) is 2.81. The summed E-state index contributed by atoms with van der Waals surface area (Å²) in [6.45, 7) is 14.1.